The van der Waals surface area contributed by atoms with Crippen LogP contribution in [0.4, 0.5) is 15.8 Å². The number of amides is 1. The first-order valence-corrected chi connectivity index (χ1v) is 9.78. The number of benzene rings is 3. The SMILES string of the molecule is CN(C(=O)CC(c1ccccc1)N1Cc2cc(F)ccc2N=C1N)c1ccccc1. The highest BCUT2D eigenvalue weighted by atomic mass is 19.1. The Hall–Kier alpha value is -3.67. The Kier molecular flexibility index (Phi) is 5.48. The molecule has 3 aromatic rings. The molecule has 4 rings (SSSR count). The number of nitrogens with zero attached hydrogens (tertiary/aromatic N) is 3. The first-order chi connectivity index (χ1) is 14.5. The highest BCUT2D eigenvalue weighted by molar-refractivity contribution is 5.94. The molecule has 0 bridgehead atoms. The van der Waals surface area contributed by atoms with Crippen LogP contribution in [0.3, 0.4) is 0 Å². The van der Waals surface area contributed by atoms with E-state index in [2.05, 4.69) is 4.99 Å². The van der Waals surface area contributed by atoms with E-state index in [0.29, 0.717) is 18.2 Å². The number of hydrogen-bond donors (Lipinski definition) is 1. The van der Waals surface area contributed by atoms with Crippen molar-refractivity contribution in [2.75, 3.05) is 11.9 Å². The molecule has 152 valence electrons. The van der Waals surface area contributed by atoms with Gasteiger partial charge in [-0.3, -0.25) is 4.79 Å². The first-order valence-electron chi connectivity index (χ1n) is 9.78. The van der Waals surface area contributed by atoms with Gasteiger partial charge in [0.15, 0.2) is 5.96 Å². The van der Waals surface area contributed by atoms with E-state index in [0.717, 1.165) is 16.8 Å². The van der Waals surface area contributed by atoms with E-state index in [-0.39, 0.29) is 24.2 Å². The third-order valence-corrected chi connectivity index (χ3v) is 5.36. The number of halogens is 1. The van der Waals surface area contributed by atoms with Crippen molar-refractivity contribution in [1.82, 2.24) is 4.90 Å². The van der Waals surface area contributed by atoms with Gasteiger partial charge < -0.3 is 15.5 Å². The van der Waals surface area contributed by atoms with Crippen molar-refractivity contribution >= 4 is 23.2 Å². The maximum atomic E-state index is 13.8. The normalized spacial score (nSPS) is 13.9. The highest BCUT2D eigenvalue weighted by Gasteiger charge is 2.29. The molecule has 0 spiro atoms. The van der Waals surface area contributed by atoms with Gasteiger partial charge in [0, 0.05) is 24.8 Å². The van der Waals surface area contributed by atoms with Gasteiger partial charge in [-0.15, -0.1) is 0 Å². The molecule has 5 nitrogen and oxygen atoms in total. The lowest BCUT2D eigenvalue weighted by Gasteiger charge is -2.36. The molecule has 6 heteroatoms. The number of fused-ring (bicyclic) bond motifs is 1. The lowest BCUT2D eigenvalue weighted by molar-refractivity contribution is -0.119. The summed E-state index contributed by atoms with van der Waals surface area (Å²) in [7, 11) is 1.76. The van der Waals surface area contributed by atoms with Gasteiger partial charge in [0.25, 0.3) is 0 Å². The molecular weight excluding hydrogens is 379 g/mol. The summed E-state index contributed by atoms with van der Waals surface area (Å²) in [6.45, 7) is 0.379. The van der Waals surface area contributed by atoms with Crippen molar-refractivity contribution in [3.63, 3.8) is 0 Å². The van der Waals surface area contributed by atoms with Gasteiger partial charge in [-0.25, -0.2) is 9.38 Å². The Morgan fingerprint density at radius 2 is 1.77 bits per heavy atom. The maximum absolute atomic E-state index is 13.8. The Balaban J connectivity index is 1.65. The molecule has 0 radical (unpaired) electrons. The van der Waals surface area contributed by atoms with Gasteiger partial charge in [0.1, 0.15) is 5.82 Å². The van der Waals surface area contributed by atoms with E-state index in [9.17, 15) is 9.18 Å². The van der Waals surface area contributed by atoms with Crippen LogP contribution in [0.25, 0.3) is 0 Å². The number of rotatable bonds is 5. The van der Waals surface area contributed by atoms with Crippen LogP contribution >= 0.6 is 0 Å². The summed E-state index contributed by atoms with van der Waals surface area (Å²) in [5.41, 5.74) is 9.46. The van der Waals surface area contributed by atoms with Gasteiger partial charge in [-0.1, -0.05) is 48.5 Å². The predicted octanol–water partition coefficient (Wildman–Crippen LogP) is 4.38. The summed E-state index contributed by atoms with van der Waals surface area (Å²) in [6, 6.07) is 23.4. The van der Waals surface area contributed by atoms with Gasteiger partial charge in [0.05, 0.1) is 18.2 Å². The summed E-state index contributed by atoms with van der Waals surface area (Å²) < 4.78 is 13.8. The van der Waals surface area contributed by atoms with Crippen molar-refractivity contribution in [1.29, 1.82) is 0 Å². The van der Waals surface area contributed by atoms with Gasteiger partial charge in [-0.05, 0) is 35.9 Å². The largest absolute Gasteiger partial charge is 0.369 e. The van der Waals surface area contributed by atoms with E-state index in [1.54, 1.807) is 18.0 Å². The number of carbonyl (C=O) groups excluding carboxylic acids is 1. The average molecular weight is 402 g/mol. The van der Waals surface area contributed by atoms with Crippen molar-refractivity contribution in [3.05, 3.63) is 95.8 Å². The summed E-state index contributed by atoms with van der Waals surface area (Å²) in [5, 5.41) is 0. The second-order valence-electron chi connectivity index (χ2n) is 7.29. The maximum Gasteiger partial charge on any atom is 0.229 e. The highest BCUT2D eigenvalue weighted by Crippen LogP contribution is 2.33. The number of para-hydroxylation sites is 1. The number of nitrogens with two attached hydrogens (primary N) is 1. The first kappa shape index (κ1) is 19.6. The zero-order valence-corrected chi connectivity index (χ0v) is 16.7. The fourth-order valence-electron chi connectivity index (χ4n) is 3.69. The summed E-state index contributed by atoms with van der Waals surface area (Å²) >= 11 is 0. The van der Waals surface area contributed by atoms with E-state index in [4.69, 9.17) is 5.73 Å². The van der Waals surface area contributed by atoms with Gasteiger partial charge >= 0.3 is 0 Å². The fraction of sp³-hybridized carbons (Fsp3) is 0.167. The Morgan fingerprint density at radius 1 is 1.10 bits per heavy atom. The molecule has 0 aromatic heterocycles. The van der Waals surface area contributed by atoms with Gasteiger partial charge in [0.2, 0.25) is 5.91 Å². The predicted molar refractivity (Wildman–Crippen MR) is 117 cm³/mol. The molecule has 1 aliphatic rings. The van der Waals surface area contributed by atoms with Crippen molar-refractivity contribution < 1.29 is 9.18 Å². The molecule has 0 saturated heterocycles. The standard InChI is InChI=1S/C24H23FN4O/c1-28(20-10-6-3-7-11-20)23(30)15-22(17-8-4-2-5-9-17)29-16-18-14-19(25)12-13-21(18)27-24(29)26/h2-14,22H,15-16H2,1H3,(H2,26,27). The van der Waals surface area contributed by atoms with Gasteiger partial charge in [-0.2, -0.15) is 0 Å². The Labute approximate surface area is 175 Å². The minimum atomic E-state index is -0.329. The number of carbonyl (C=O) groups is 1. The average Bonchev–Trinajstić information content (AvgIpc) is 2.78. The molecule has 2 N–H and O–H groups in total. The molecule has 1 unspecified atom stereocenters. The quantitative estimate of drug-likeness (QED) is 0.689. The van der Waals surface area contributed by atoms with E-state index < -0.39 is 0 Å². The second-order valence-corrected chi connectivity index (χ2v) is 7.29. The lowest BCUT2D eigenvalue weighted by atomic mass is 9.99. The van der Waals surface area contributed by atoms with Crippen molar-refractivity contribution in [3.8, 4) is 0 Å². The molecule has 0 saturated carbocycles. The van der Waals surface area contributed by atoms with Crippen molar-refractivity contribution in [2.45, 2.75) is 19.0 Å². The number of hydrogen-bond acceptors (Lipinski definition) is 4. The second kappa shape index (κ2) is 8.37. The smallest absolute Gasteiger partial charge is 0.229 e. The van der Waals surface area contributed by atoms with Crippen LogP contribution in [0.15, 0.2) is 83.9 Å². The van der Waals surface area contributed by atoms with E-state index >= 15 is 0 Å². The number of guanidine groups is 1. The molecule has 30 heavy (non-hydrogen) atoms. The zero-order valence-electron chi connectivity index (χ0n) is 16.7. The minimum Gasteiger partial charge on any atom is -0.369 e. The minimum absolute atomic E-state index is 0.0482. The summed E-state index contributed by atoms with van der Waals surface area (Å²) in [5.74, 6) is -0.0495. The third-order valence-electron chi connectivity index (χ3n) is 5.36. The van der Waals surface area contributed by atoms with E-state index in [1.165, 1.54) is 12.1 Å². The number of anilines is 1. The molecule has 1 aliphatic heterocycles. The topological polar surface area (TPSA) is 61.9 Å². The third kappa shape index (κ3) is 4.03. The van der Waals surface area contributed by atoms with Crippen LogP contribution in [0.2, 0.25) is 0 Å². The van der Waals surface area contributed by atoms with Crippen LogP contribution in [-0.4, -0.2) is 23.8 Å². The molecule has 1 heterocycles. The van der Waals surface area contributed by atoms with Crippen LogP contribution in [0, 0.1) is 5.82 Å². The lowest BCUT2D eigenvalue weighted by Crippen LogP contribution is -2.43. The van der Waals surface area contributed by atoms with E-state index in [1.807, 2.05) is 65.6 Å². The monoisotopic (exact) mass is 402 g/mol. The summed E-state index contributed by atoms with van der Waals surface area (Å²) in [4.78, 5) is 21.1. The Bertz CT molecular complexity index is 1070. The van der Waals surface area contributed by atoms with Crippen LogP contribution in [0.1, 0.15) is 23.6 Å². The molecule has 1 amide bonds. The van der Waals surface area contributed by atoms with Crippen LogP contribution < -0.4 is 10.6 Å². The fourth-order valence-corrected chi connectivity index (χ4v) is 3.69. The Morgan fingerprint density at radius 3 is 2.47 bits per heavy atom. The molecule has 1 atom stereocenters. The number of aliphatic imine (C=N–C) groups is 1. The molecular formula is C24H23FN4O. The summed E-state index contributed by atoms with van der Waals surface area (Å²) in [6.07, 6.45) is 0.205. The van der Waals surface area contributed by atoms with Crippen molar-refractivity contribution in [2.24, 2.45) is 10.7 Å². The van der Waals surface area contributed by atoms with Crippen LogP contribution in [0.5, 0.6) is 0 Å². The molecule has 0 aliphatic carbocycles. The molecule has 3 aromatic carbocycles. The van der Waals surface area contributed by atoms with Crippen LogP contribution in [-0.2, 0) is 11.3 Å². The zero-order chi connectivity index (χ0) is 21.1. The molecule has 0 fully saturated rings.